The Morgan fingerprint density at radius 3 is 0.643 bits per heavy atom. The molecule has 2 aromatic rings. The standard InChI is InChI=1S/2C10H15.C2H7Si.2CH4O.Zr/c2*1-6-7(2)9(4)10(5)8(6)3;1-3-2;2*1-2;/h2*1-5H3;3H,1-2H3;2*2H,1H3;/q2*-1;;;;+2. The molecule has 2 rings (SSSR count). The molecule has 2 aromatic carbocycles. The van der Waals surface area contributed by atoms with Gasteiger partial charge in [0, 0.05) is 23.7 Å². The van der Waals surface area contributed by atoms with Gasteiger partial charge in [0.1, 0.15) is 0 Å². The van der Waals surface area contributed by atoms with E-state index in [2.05, 4.69) is 82.3 Å². The molecule has 0 unspecified atom stereocenters. The molecule has 0 heterocycles. The average Bonchev–Trinajstić information content (AvgIpc) is 2.96. The van der Waals surface area contributed by atoms with Crippen LogP contribution in [-0.2, 0) is 26.2 Å². The molecule has 0 aliphatic rings. The second-order valence-corrected chi connectivity index (χ2v) is 7.98. The first-order valence-electron chi connectivity index (χ1n) is 9.55. The maximum absolute atomic E-state index is 7.00. The van der Waals surface area contributed by atoms with Crippen LogP contribution in [0.1, 0.15) is 55.6 Å². The van der Waals surface area contributed by atoms with Crippen LogP contribution in [0.2, 0.25) is 13.1 Å². The fraction of sp³-hybridized carbons (Fsp3) is 0.583. The van der Waals surface area contributed by atoms with E-state index >= 15 is 0 Å². The summed E-state index contributed by atoms with van der Waals surface area (Å²) in [4.78, 5) is 0. The molecule has 1 radical (unpaired) electrons. The van der Waals surface area contributed by atoms with Gasteiger partial charge in [-0.25, -0.2) is 0 Å². The summed E-state index contributed by atoms with van der Waals surface area (Å²) in [7, 11) is 2.75. The Morgan fingerprint density at radius 1 is 0.500 bits per heavy atom. The molecular weight excluding hydrogens is 440 g/mol. The summed E-state index contributed by atoms with van der Waals surface area (Å²) in [6.45, 7) is 26.4. The van der Waals surface area contributed by atoms with Gasteiger partial charge in [-0.2, -0.15) is 55.6 Å². The molecule has 161 valence electrons. The molecule has 0 saturated heterocycles. The molecule has 0 spiro atoms. The maximum atomic E-state index is 7.00. The predicted molar refractivity (Wildman–Crippen MR) is 127 cm³/mol. The van der Waals surface area contributed by atoms with E-state index in [1.54, 1.807) is 0 Å². The van der Waals surface area contributed by atoms with Crippen molar-refractivity contribution in [3.63, 3.8) is 0 Å². The SMILES string of the molecule is CO.CO.C[SiH]C.Cc1c(C)c(C)[c-](C)c1C.Cc1c(C)c(C)[c-](C)c1C.[Zr+2]. The van der Waals surface area contributed by atoms with Gasteiger partial charge in [-0.3, -0.25) is 0 Å². The van der Waals surface area contributed by atoms with Gasteiger partial charge < -0.3 is 10.2 Å². The molecule has 0 aliphatic heterocycles. The summed E-state index contributed by atoms with van der Waals surface area (Å²) in [6.07, 6.45) is 0. The van der Waals surface area contributed by atoms with Crippen molar-refractivity contribution in [1.29, 1.82) is 0 Å². The minimum absolute atomic E-state index is 0. The van der Waals surface area contributed by atoms with Crippen LogP contribution in [0, 0.1) is 69.2 Å². The van der Waals surface area contributed by atoms with Crippen LogP contribution in [-0.4, -0.2) is 34.0 Å². The Morgan fingerprint density at radius 2 is 0.607 bits per heavy atom. The van der Waals surface area contributed by atoms with Gasteiger partial charge >= 0.3 is 26.2 Å². The summed E-state index contributed by atoms with van der Waals surface area (Å²) < 4.78 is 0. The van der Waals surface area contributed by atoms with E-state index in [4.69, 9.17) is 10.2 Å². The zero-order valence-electron chi connectivity index (χ0n) is 21.0. The summed E-state index contributed by atoms with van der Waals surface area (Å²) in [5, 5.41) is 14.0. The van der Waals surface area contributed by atoms with Crippen molar-refractivity contribution in [2.45, 2.75) is 82.3 Å². The summed E-state index contributed by atoms with van der Waals surface area (Å²) in [5.74, 6) is 0. The van der Waals surface area contributed by atoms with Crippen molar-refractivity contribution in [2.24, 2.45) is 0 Å². The maximum Gasteiger partial charge on any atom is 2.00 e. The van der Waals surface area contributed by atoms with E-state index < -0.39 is 0 Å². The third kappa shape index (κ3) is 9.96. The second kappa shape index (κ2) is 18.7. The first-order valence-corrected chi connectivity index (χ1v) is 11.9. The van der Waals surface area contributed by atoms with Gasteiger partial charge in [-0.05, 0) is 0 Å². The molecule has 0 bridgehead atoms. The Hall–Kier alpha value is -0.280. The van der Waals surface area contributed by atoms with E-state index in [0.717, 1.165) is 23.7 Å². The van der Waals surface area contributed by atoms with Crippen molar-refractivity contribution < 1.29 is 36.4 Å². The fourth-order valence-corrected chi connectivity index (χ4v) is 2.81. The average molecular weight is 485 g/mol. The van der Waals surface area contributed by atoms with E-state index in [9.17, 15) is 0 Å². The molecule has 28 heavy (non-hydrogen) atoms. The smallest absolute Gasteiger partial charge is 0.400 e. The first-order chi connectivity index (χ1) is 12.5. The summed E-state index contributed by atoms with van der Waals surface area (Å²) in [5.41, 5.74) is 14.7. The summed E-state index contributed by atoms with van der Waals surface area (Å²) >= 11 is 0. The van der Waals surface area contributed by atoms with Crippen LogP contribution in [0.25, 0.3) is 0 Å². The van der Waals surface area contributed by atoms with Gasteiger partial charge in [0.15, 0.2) is 0 Å². The Kier molecular flexibility index (Phi) is 23.5. The monoisotopic (exact) mass is 483 g/mol. The van der Waals surface area contributed by atoms with Crippen LogP contribution in [0.5, 0.6) is 0 Å². The van der Waals surface area contributed by atoms with Gasteiger partial charge in [-0.15, -0.1) is 0 Å². The molecule has 0 aliphatic carbocycles. The molecule has 2 nitrogen and oxygen atoms in total. The Labute approximate surface area is 197 Å². The number of aliphatic hydroxyl groups excluding tert-OH is 2. The second-order valence-electron chi connectivity index (χ2n) is 6.83. The number of aliphatic hydroxyl groups is 2. The molecule has 2 N–H and O–H groups in total. The molecule has 4 heteroatoms. The molecular formula is C24H45O2SiZr. The third-order valence-electron chi connectivity index (χ3n) is 5.62. The van der Waals surface area contributed by atoms with Gasteiger partial charge in [0.25, 0.3) is 0 Å². The van der Waals surface area contributed by atoms with E-state index in [1.165, 1.54) is 55.6 Å². The fourth-order valence-electron chi connectivity index (χ4n) is 2.81. The van der Waals surface area contributed by atoms with Crippen molar-refractivity contribution in [1.82, 2.24) is 0 Å². The van der Waals surface area contributed by atoms with Crippen LogP contribution in [0.3, 0.4) is 0 Å². The van der Waals surface area contributed by atoms with E-state index in [0.29, 0.717) is 0 Å². The van der Waals surface area contributed by atoms with Crippen LogP contribution in [0.15, 0.2) is 0 Å². The molecule has 0 fully saturated rings. The quantitative estimate of drug-likeness (QED) is 0.376. The van der Waals surface area contributed by atoms with Crippen LogP contribution in [0.4, 0.5) is 0 Å². The number of hydrogen-bond donors (Lipinski definition) is 2. The Balaban J connectivity index is -0.000000152. The predicted octanol–water partition coefficient (Wildman–Crippen LogP) is 5.63. The minimum Gasteiger partial charge on any atom is -0.400 e. The van der Waals surface area contributed by atoms with Crippen molar-refractivity contribution in [3.05, 3.63) is 55.6 Å². The molecule has 0 amide bonds. The number of hydrogen-bond acceptors (Lipinski definition) is 2. The first kappa shape index (κ1) is 35.2. The normalized spacial score (nSPS) is 8.57. The molecule has 0 saturated carbocycles. The van der Waals surface area contributed by atoms with Gasteiger partial charge in [0.05, 0.1) is 0 Å². The van der Waals surface area contributed by atoms with Gasteiger partial charge in [-0.1, -0.05) is 82.3 Å². The summed E-state index contributed by atoms with van der Waals surface area (Å²) in [6, 6.07) is 0. The van der Waals surface area contributed by atoms with Crippen molar-refractivity contribution in [2.75, 3.05) is 14.2 Å². The largest absolute Gasteiger partial charge is 2.00 e. The topological polar surface area (TPSA) is 40.5 Å². The molecule has 0 atom stereocenters. The van der Waals surface area contributed by atoms with Crippen LogP contribution >= 0.6 is 0 Å². The number of rotatable bonds is 0. The Bertz CT molecular complexity index is 436. The zero-order chi connectivity index (χ0) is 22.5. The van der Waals surface area contributed by atoms with Crippen molar-refractivity contribution >= 4 is 9.52 Å². The van der Waals surface area contributed by atoms with E-state index in [1.807, 2.05) is 0 Å². The van der Waals surface area contributed by atoms with E-state index in [-0.39, 0.29) is 26.2 Å². The zero-order valence-corrected chi connectivity index (χ0v) is 24.6. The third-order valence-corrected chi connectivity index (χ3v) is 5.62. The molecule has 0 aromatic heterocycles. The van der Waals surface area contributed by atoms with Gasteiger partial charge in [0.2, 0.25) is 0 Å². The van der Waals surface area contributed by atoms with Crippen molar-refractivity contribution in [3.8, 4) is 0 Å². The van der Waals surface area contributed by atoms with Crippen LogP contribution < -0.4 is 0 Å². The minimum atomic E-state index is 0.